The van der Waals surface area contributed by atoms with Gasteiger partial charge in [0, 0.05) is 7.05 Å². The molecule has 1 aliphatic rings. The third-order valence-corrected chi connectivity index (χ3v) is 6.57. The van der Waals surface area contributed by atoms with Gasteiger partial charge in [-0.15, -0.1) is 5.10 Å². The van der Waals surface area contributed by atoms with Gasteiger partial charge in [-0.2, -0.15) is 0 Å². The standard InChI is InChI=1S/C21H29N5O3S/c1-13(2)15-10-9-14(3)11-18(15)29-20(28)16-7-5-6-8-17(16)22-19(27)12-30-21-23-24-25-26(21)4/h5-8,13-15,18H,9-12H2,1-4H3,(H,22,27)/t14-,15+,18-/m1/s1. The number of amides is 1. The lowest BCUT2D eigenvalue weighted by atomic mass is 9.75. The highest BCUT2D eigenvalue weighted by atomic mass is 32.2. The second-order valence-electron chi connectivity index (χ2n) is 8.24. The minimum absolute atomic E-state index is 0.0935. The summed E-state index contributed by atoms with van der Waals surface area (Å²) in [6.45, 7) is 6.57. The van der Waals surface area contributed by atoms with E-state index in [0.717, 1.165) is 12.8 Å². The first kappa shape index (κ1) is 22.3. The number of anilines is 1. The number of tetrazole rings is 1. The molecule has 1 N–H and O–H groups in total. The Bertz CT molecular complexity index is 885. The van der Waals surface area contributed by atoms with Crippen LogP contribution in [0.4, 0.5) is 5.69 Å². The molecule has 3 atom stereocenters. The molecule has 1 aromatic heterocycles. The van der Waals surface area contributed by atoms with Crippen LogP contribution < -0.4 is 5.32 Å². The molecule has 2 aromatic rings. The summed E-state index contributed by atoms with van der Waals surface area (Å²) >= 11 is 1.23. The average molecular weight is 432 g/mol. The molecule has 9 heteroatoms. The van der Waals surface area contributed by atoms with Crippen molar-refractivity contribution in [1.82, 2.24) is 20.2 Å². The van der Waals surface area contributed by atoms with E-state index in [9.17, 15) is 9.59 Å². The first-order valence-electron chi connectivity index (χ1n) is 10.3. The van der Waals surface area contributed by atoms with Gasteiger partial charge < -0.3 is 10.1 Å². The van der Waals surface area contributed by atoms with Crippen LogP contribution in [0.5, 0.6) is 0 Å². The maximum absolute atomic E-state index is 13.0. The van der Waals surface area contributed by atoms with Crippen molar-refractivity contribution in [2.45, 2.75) is 51.3 Å². The van der Waals surface area contributed by atoms with Crippen molar-refractivity contribution in [3.05, 3.63) is 29.8 Å². The van der Waals surface area contributed by atoms with E-state index in [1.54, 1.807) is 31.3 Å². The normalized spacial score (nSPS) is 21.4. The molecule has 0 unspecified atom stereocenters. The van der Waals surface area contributed by atoms with Gasteiger partial charge in [-0.1, -0.05) is 51.1 Å². The second kappa shape index (κ2) is 10.1. The van der Waals surface area contributed by atoms with Crippen LogP contribution in [-0.4, -0.2) is 43.9 Å². The predicted octanol–water partition coefficient (Wildman–Crippen LogP) is 3.56. The molecule has 0 saturated heterocycles. The molecule has 0 bridgehead atoms. The minimum atomic E-state index is -0.388. The molecule has 1 fully saturated rings. The number of nitrogens with one attached hydrogen (secondary N) is 1. The number of thioether (sulfide) groups is 1. The van der Waals surface area contributed by atoms with Gasteiger partial charge in [-0.25, -0.2) is 9.48 Å². The number of nitrogens with zero attached hydrogens (tertiary/aromatic N) is 4. The molecular formula is C21H29N5O3S. The summed E-state index contributed by atoms with van der Waals surface area (Å²) in [5.41, 5.74) is 0.825. The summed E-state index contributed by atoms with van der Waals surface area (Å²) in [5.74, 6) is 0.864. The summed E-state index contributed by atoms with van der Waals surface area (Å²) in [5, 5.41) is 14.5. The van der Waals surface area contributed by atoms with Gasteiger partial charge in [0.1, 0.15) is 6.10 Å². The van der Waals surface area contributed by atoms with Crippen molar-refractivity contribution in [3.63, 3.8) is 0 Å². The number of carbonyl (C=O) groups is 2. The zero-order valence-electron chi connectivity index (χ0n) is 17.9. The molecule has 3 rings (SSSR count). The van der Waals surface area contributed by atoms with Crippen molar-refractivity contribution in [3.8, 4) is 0 Å². The maximum atomic E-state index is 13.0. The molecular weight excluding hydrogens is 402 g/mol. The average Bonchev–Trinajstić information content (AvgIpc) is 3.11. The molecule has 1 heterocycles. The number of para-hydroxylation sites is 1. The molecule has 1 amide bonds. The monoisotopic (exact) mass is 431 g/mol. The third-order valence-electron chi connectivity index (χ3n) is 5.55. The number of benzene rings is 1. The highest BCUT2D eigenvalue weighted by molar-refractivity contribution is 7.99. The first-order valence-corrected chi connectivity index (χ1v) is 11.3. The summed E-state index contributed by atoms with van der Waals surface area (Å²) in [6.07, 6.45) is 3.03. The van der Waals surface area contributed by atoms with Crippen molar-refractivity contribution in [2.24, 2.45) is 24.8 Å². The third kappa shape index (κ3) is 5.59. The lowest BCUT2D eigenvalue weighted by Crippen LogP contribution is -2.36. The Morgan fingerprint density at radius 3 is 2.77 bits per heavy atom. The summed E-state index contributed by atoms with van der Waals surface area (Å²) < 4.78 is 7.45. The minimum Gasteiger partial charge on any atom is -0.458 e. The van der Waals surface area contributed by atoms with Crippen LogP contribution in [0, 0.1) is 17.8 Å². The zero-order valence-corrected chi connectivity index (χ0v) is 18.7. The van der Waals surface area contributed by atoms with E-state index in [-0.39, 0.29) is 23.7 Å². The van der Waals surface area contributed by atoms with Crippen LogP contribution >= 0.6 is 11.8 Å². The quantitative estimate of drug-likeness (QED) is 0.528. The van der Waals surface area contributed by atoms with Crippen molar-refractivity contribution in [1.29, 1.82) is 0 Å². The molecule has 0 aliphatic heterocycles. The van der Waals surface area contributed by atoms with Crippen molar-refractivity contribution >= 4 is 29.3 Å². The number of hydrogen-bond donors (Lipinski definition) is 1. The van der Waals surface area contributed by atoms with Gasteiger partial charge in [-0.05, 0) is 53.2 Å². The van der Waals surface area contributed by atoms with Gasteiger partial charge in [0.15, 0.2) is 0 Å². The number of ether oxygens (including phenoxy) is 1. The van der Waals surface area contributed by atoms with E-state index < -0.39 is 0 Å². The van der Waals surface area contributed by atoms with Gasteiger partial charge in [-0.3, -0.25) is 4.79 Å². The molecule has 1 saturated carbocycles. The summed E-state index contributed by atoms with van der Waals surface area (Å²) in [4.78, 5) is 25.4. The Hall–Kier alpha value is -2.42. The maximum Gasteiger partial charge on any atom is 0.340 e. The lowest BCUT2D eigenvalue weighted by Gasteiger charge is -2.36. The van der Waals surface area contributed by atoms with Crippen LogP contribution in [0.2, 0.25) is 0 Å². The van der Waals surface area contributed by atoms with E-state index >= 15 is 0 Å². The van der Waals surface area contributed by atoms with Gasteiger partial charge in [0.05, 0.1) is 17.0 Å². The van der Waals surface area contributed by atoms with Crippen LogP contribution in [-0.2, 0) is 16.6 Å². The van der Waals surface area contributed by atoms with Crippen LogP contribution in [0.25, 0.3) is 0 Å². The van der Waals surface area contributed by atoms with Crippen molar-refractivity contribution < 1.29 is 14.3 Å². The molecule has 0 radical (unpaired) electrons. The molecule has 1 aliphatic carbocycles. The summed E-state index contributed by atoms with van der Waals surface area (Å²) in [7, 11) is 1.71. The first-order chi connectivity index (χ1) is 14.3. The Morgan fingerprint density at radius 2 is 2.07 bits per heavy atom. The van der Waals surface area contributed by atoms with Crippen LogP contribution in [0.15, 0.2) is 29.4 Å². The molecule has 30 heavy (non-hydrogen) atoms. The second-order valence-corrected chi connectivity index (χ2v) is 9.18. The molecule has 8 nitrogen and oxygen atoms in total. The fourth-order valence-corrected chi connectivity index (χ4v) is 4.53. The van der Waals surface area contributed by atoms with E-state index in [1.807, 2.05) is 0 Å². The highest BCUT2D eigenvalue weighted by Crippen LogP contribution is 2.36. The van der Waals surface area contributed by atoms with E-state index in [1.165, 1.54) is 22.9 Å². The molecule has 0 spiro atoms. The van der Waals surface area contributed by atoms with E-state index in [2.05, 4.69) is 41.6 Å². The fraction of sp³-hybridized carbons (Fsp3) is 0.571. The molecule has 1 aromatic carbocycles. The number of esters is 1. The highest BCUT2D eigenvalue weighted by Gasteiger charge is 2.34. The lowest BCUT2D eigenvalue weighted by molar-refractivity contribution is -0.113. The predicted molar refractivity (Wildman–Crippen MR) is 115 cm³/mol. The zero-order chi connectivity index (χ0) is 21.7. The fourth-order valence-electron chi connectivity index (χ4n) is 3.88. The Balaban J connectivity index is 1.65. The Labute approximate surface area is 181 Å². The van der Waals surface area contributed by atoms with Crippen LogP contribution in [0.1, 0.15) is 50.4 Å². The van der Waals surface area contributed by atoms with E-state index in [4.69, 9.17) is 4.74 Å². The molecule has 162 valence electrons. The Morgan fingerprint density at radius 1 is 1.30 bits per heavy atom. The number of carbonyl (C=O) groups excluding carboxylic acids is 2. The number of rotatable bonds is 7. The van der Waals surface area contributed by atoms with Gasteiger partial charge in [0.25, 0.3) is 0 Å². The smallest absolute Gasteiger partial charge is 0.340 e. The van der Waals surface area contributed by atoms with E-state index in [0.29, 0.717) is 34.2 Å². The number of hydrogen-bond acceptors (Lipinski definition) is 7. The topological polar surface area (TPSA) is 99.0 Å². The number of aromatic nitrogens is 4. The van der Waals surface area contributed by atoms with Gasteiger partial charge in [0.2, 0.25) is 11.1 Å². The van der Waals surface area contributed by atoms with Gasteiger partial charge >= 0.3 is 5.97 Å². The number of aryl methyl sites for hydroxylation is 1. The largest absolute Gasteiger partial charge is 0.458 e. The van der Waals surface area contributed by atoms with Crippen molar-refractivity contribution in [2.75, 3.05) is 11.1 Å². The van der Waals surface area contributed by atoms with Crippen LogP contribution in [0.3, 0.4) is 0 Å². The summed E-state index contributed by atoms with van der Waals surface area (Å²) in [6, 6.07) is 6.96. The SMILES string of the molecule is CC(C)[C@@H]1CC[C@@H](C)C[C@H]1OC(=O)c1ccccc1NC(=O)CSc1nnnn1C. The Kier molecular flexibility index (Phi) is 7.47.